The van der Waals surface area contributed by atoms with Crippen LogP contribution in [0.15, 0.2) is 30.3 Å². The van der Waals surface area contributed by atoms with Crippen molar-refractivity contribution in [2.45, 2.75) is 55.7 Å². The number of thioether (sulfide) groups is 1. The lowest BCUT2D eigenvalue weighted by Gasteiger charge is -2.39. The van der Waals surface area contributed by atoms with E-state index in [-0.39, 0.29) is 17.7 Å². The van der Waals surface area contributed by atoms with Crippen molar-refractivity contribution in [1.29, 1.82) is 0 Å². The Balaban J connectivity index is 1.22. The van der Waals surface area contributed by atoms with Gasteiger partial charge in [-0.3, -0.25) is 0 Å². The summed E-state index contributed by atoms with van der Waals surface area (Å²) in [7, 11) is 0. The Bertz CT molecular complexity index is 568. The molecule has 3 fully saturated rings. The first kappa shape index (κ1) is 16.3. The smallest absolute Gasteiger partial charge is 0.315 e. The number of nitrogens with one attached hydrogen (secondary N) is 2. The van der Waals surface area contributed by atoms with Crippen molar-refractivity contribution in [2.24, 2.45) is 0 Å². The largest absolute Gasteiger partial charge is 0.374 e. The van der Waals surface area contributed by atoms with E-state index in [1.165, 1.54) is 11.3 Å². The van der Waals surface area contributed by atoms with E-state index >= 15 is 0 Å². The highest BCUT2D eigenvalue weighted by Gasteiger charge is 2.41. The van der Waals surface area contributed by atoms with Gasteiger partial charge in [0.15, 0.2) is 0 Å². The minimum absolute atomic E-state index is 0.000730. The van der Waals surface area contributed by atoms with Crippen molar-refractivity contribution in [3.63, 3.8) is 0 Å². The van der Waals surface area contributed by atoms with Gasteiger partial charge in [0.1, 0.15) is 0 Å². The van der Waals surface area contributed by atoms with Crippen molar-refractivity contribution in [3.8, 4) is 0 Å². The summed E-state index contributed by atoms with van der Waals surface area (Å²) in [6.45, 7) is 0.769. The van der Waals surface area contributed by atoms with Gasteiger partial charge in [-0.05, 0) is 49.3 Å². The van der Waals surface area contributed by atoms with Crippen LogP contribution in [0, 0.1) is 0 Å². The summed E-state index contributed by atoms with van der Waals surface area (Å²) in [5.74, 6) is 2.86. The Morgan fingerprint density at radius 2 is 1.96 bits per heavy atom. The van der Waals surface area contributed by atoms with Crippen LogP contribution in [0.5, 0.6) is 0 Å². The van der Waals surface area contributed by atoms with Crippen LogP contribution < -0.4 is 10.6 Å². The highest BCUT2D eigenvalue weighted by atomic mass is 32.2. The number of rotatable bonds is 3. The normalized spacial score (nSPS) is 35.4. The average Bonchev–Trinajstić information content (AvgIpc) is 2.99. The molecule has 2 amide bonds. The molecule has 1 aromatic carbocycles. The van der Waals surface area contributed by atoms with E-state index < -0.39 is 0 Å². The quantitative estimate of drug-likeness (QED) is 0.883. The van der Waals surface area contributed by atoms with Gasteiger partial charge in [0, 0.05) is 24.4 Å². The summed E-state index contributed by atoms with van der Waals surface area (Å²) >= 11 is 1.97. The van der Waals surface area contributed by atoms with Gasteiger partial charge in [-0.15, -0.1) is 0 Å². The lowest BCUT2D eigenvalue weighted by Crippen LogP contribution is -2.54. The molecule has 2 aliphatic heterocycles. The van der Waals surface area contributed by atoms with Crippen LogP contribution in [0.2, 0.25) is 0 Å². The van der Waals surface area contributed by atoms with E-state index in [4.69, 9.17) is 4.74 Å². The first-order valence-electron chi connectivity index (χ1n) is 9.06. The molecule has 2 saturated heterocycles. The number of carbonyl (C=O) groups is 1. The van der Waals surface area contributed by atoms with Gasteiger partial charge in [-0.25, -0.2) is 4.79 Å². The lowest BCUT2D eigenvalue weighted by molar-refractivity contribution is -0.0685. The molecule has 0 radical (unpaired) electrons. The molecule has 0 aromatic heterocycles. The maximum atomic E-state index is 12.3. The topological polar surface area (TPSA) is 50.4 Å². The fourth-order valence-electron chi connectivity index (χ4n) is 4.16. The third kappa shape index (κ3) is 3.57. The third-order valence-corrected chi connectivity index (χ3v) is 6.86. The Morgan fingerprint density at radius 1 is 1.17 bits per heavy atom. The van der Waals surface area contributed by atoms with Gasteiger partial charge in [0.25, 0.3) is 0 Å². The minimum Gasteiger partial charge on any atom is -0.374 e. The van der Waals surface area contributed by atoms with Crippen LogP contribution in [-0.2, 0) is 4.74 Å². The second-order valence-electron chi connectivity index (χ2n) is 7.42. The number of amides is 2. The predicted octanol–water partition coefficient (Wildman–Crippen LogP) is 3.29. The monoisotopic (exact) mass is 346 g/mol. The number of carbonyl (C=O) groups excluding carboxylic acids is 1. The van der Waals surface area contributed by atoms with Crippen LogP contribution in [0.3, 0.4) is 0 Å². The number of benzene rings is 1. The van der Waals surface area contributed by atoms with Crippen molar-refractivity contribution < 1.29 is 9.53 Å². The summed E-state index contributed by atoms with van der Waals surface area (Å²) in [6.07, 6.45) is 5.11. The maximum Gasteiger partial charge on any atom is 0.315 e. The zero-order chi connectivity index (χ0) is 16.4. The molecule has 2 atom stereocenters. The van der Waals surface area contributed by atoms with E-state index in [2.05, 4.69) is 41.0 Å². The van der Waals surface area contributed by atoms with E-state index in [0.717, 1.165) is 44.5 Å². The molecule has 0 unspecified atom stereocenters. The van der Waals surface area contributed by atoms with Crippen LogP contribution in [0.25, 0.3) is 0 Å². The zero-order valence-electron chi connectivity index (χ0n) is 14.0. The van der Waals surface area contributed by atoms with Gasteiger partial charge < -0.3 is 15.4 Å². The lowest BCUT2D eigenvalue weighted by atomic mass is 9.76. The Hall–Kier alpha value is -1.20. The van der Waals surface area contributed by atoms with Gasteiger partial charge in [0.2, 0.25) is 0 Å². The molecule has 0 bridgehead atoms. The van der Waals surface area contributed by atoms with E-state index in [1.54, 1.807) is 0 Å². The first-order chi connectivity index (χ1) is 11.7. The Labute approximate surface area is 148 Å². The van der Waals surface area contributed by atoms with E-state index in [0.29, 0.717) is 12.0 Å². The number of hydrogen-bond donors (Lipinski definition) is 2. The molecular weight excluding hydrogens is 320 g/mol. The molecule has 2 N–H and O–H groups in total. The fourth-order valence-corrected chi connectivity index (χ4v) is 5.54. The molecule has 2 heterocycles. The summed E-state index contributed by atoms with van der Waals surface area (Å²) in [5, 5.41) is 6.33. The molecule has 1 aromatic rings. The molecule has 4 nitrogen and oxygen atoms in total. The second-order valence-corrected chi connectivity index (χ2v) is 8.52. The molecule has 5 heteroatoms. The summed E-state index contributed by atoms with van der Waals surface area (Å²) in [5.41, 5.74) is 1.41. The van der Waals surface area contributed by atoms with Crippen LogP contribution in [0.4, 0.5) is 4.79 Å². The molecule has 1 spiro atoms. The van der Waals surface area contributed by atoms with Crippen LogP contribution in [-0.4, -0.2) is 41.8 Å². The average molecular weight is 346 g/mol. The summed E-state index contributed by atoms with van der Waals surface area (Å²) in [6, 6.07) is 11.2. The SMILES string of the molecule is O=C(NC1CC(c2ccccc2)C1)N[C@H]1CCO[C@@]2(CCSC2)C1. The van der Waals surface area contributed by atoms with Gasteiger partial charge >= 0.3 is 6.03 Å². The highest BCUT2D eigenvalue weighted by molar-refractivity contribution is 7.99. The Morgan fingerprint density at radius 3 is 2.71 bits per heavy atom. The standard InChI is InChI=1S/C19H26N2O2S/c22-18(20-16-6-8-23-19(12-16)7-9-24-13-19)21-17-10-15(11-17)14-4-2-1-3-5-14/h1-5,15-17H,6-13H2,(H2,20,21,22)/t15?,16-,17?,19-/m0/s1. The summed E-state index contributed by atoms with van der Waals surface area (Å²) in [4.78, 5) is 12.3. The Kier molecular flexibility index (Phi) is 4.72. The molecule has 4 rings (SSSR count). The van der Waals surface area contributed by atoms with E-state index in [1.807, 2.05) is 11.8 Å². The molecule has 24 heavy (non-hydrogen) atoms. The van der Waals surface area contributed by atoms with Gasteiger partial charge in [-0.2, -0.15) is 11.8 Å². The minimum atomic E-state index is -0.000730. The van der Waals surface area contributed by atoms with E-state index in [9.17, 15) is 4.79 Å². The zero-order valence-corrected chi connectivity index (χ0v) is 14.8. The van der Waals surface area contributed by atoms with Gasteiger partial charge in [0.05, 0.1) is 5.60 Å². The van der Waals surface area contributed by atoms with Crippen LogP contribution in [0.1, 0.15) is 43.6 Å². The number of urea groups is 1. The van der Waals surface area contributed by atoms with Crippen molar-refractivity contribution in [2.75, 3.05) is 18.1 Å². The molecular formula is C19H26N2O2S. The fraction of sp³-hybridized carbons (Fsp3) is 0.632. The number of hydrogen-bond acceptors (Lipinski definition) is 3. The van der Waals surface area contributed by atoms with Crippen molar-refractivity contribution in [1.82, 2.24) is 10.6 Å². The van der Waals surface area contributed by atoms with Crippen LogP contribution >= 0.6 is 11.8 Å². The number of ether oxygens (including phenoxy) is 1. The molecule has 1 saturated carbocycles. The second kappa shape index (κ2) is 6.96. The predicted molar refractivity (Wildman–Crippen MR) is 97.5 cm³/mol. The third-order valence-electron chi connectivity index (χ3n) is 5.64. The summed E-state index contributed by atoms with van der Waals surface area (Å²) < 4.78 is 6.02. The molecule has 1 aliphatic carbocycles. The molecule has 130 valence electrons. The van der Waals surface area contributed by atoms with Crippen molar-refractivity contribution >= 4 is 17.8 Å². The molecule has 3 aliphatic rings. The van der Waals surface area contributed by atoms with Gasteiger partial charge in [-0.1, -0.05) is 30.3 Å². The maximum absolute atomic E-state index is 12.3. The van der Waals surface area contributed by atoms with Crippen molar-refractivity contribution in [3.05, 3.63) is 35.9 Å². The first-order valence-corrected chi connectivity index (χ1v) is 10.2. The highest BCUT2D eigenvalue weighted by Crippen LogP contribution is 2.38.